The zero-order valence-electron chi connectivity index (χ0n) is 10.3. The van der Waals surface area contributed by atoms with Gasteiger partial charge >= 0.3 is 0 Å². The van der Waals surface area contributed by atoms with Gasteiger partial charge in [0.25, 0.3) is 0 Å². The highest BCUT2D eigenvalue weighted by molar-refractivity contribution is 7.90. The molecule has 96 valence electrons. The van der Waals surface area contributed by atoms with Gasteiger partial charge in [0.2, 0.25) is 10.0 Å². The van der Waals surface area contributed by atoms with E-state index < -0.39 is 10.0 Å². The van der Waals surface area contributed by atoms with E-state index in [0.29, 0.717) is 6.54 Å². The van der Waals surface area contributed by atoms with Crippen LogP contribution in [0.25, 0.3) is 0 Å². The lowest BCUT2D eigenvalue weighted by molar-refractivity contribution is 0.501. The van der Waals surface area contributed by atoms with Crippen molar-refractivity contribution >= 4 is 10.0 Å². The van der Waals surface area contributed by atoms with E-state index >= 15 is 0 Å². The first-order valence-electron chi connectivity index (χ1n) is 6.22. The molecule has 0 aromatic rings. The first kappa shape index (κ1) is 13.9. The van der Waals surface area contributed by atoms with Gasteiger partial charge in [-0.2, -0.15) is 0 Å². The van der Waals surface area contributed by atoms with Crippen LogP contribution < -0.4 is 10.0 Å². The van der Waals surface area contributed by atoms with Crippen molar-refractivity contribution in [3.8, 4) is 0 Å². The Hall–Kier alpha value is -0.130. The van der Waals surface area contributed by atoms with Crippen molar-refractivity contribution in [2.45, 2.75) is 56.7 Å². The van der Waals surface area contributed by atoms with E-state index in [0.717, 1.165) is 25.7 Å². The molecule has 4 nitrogen and oxygen atoms in total. The predicted molar refractivity (Wildman–Crippen MR) is 66.9 cm³/mol. The van der Waals surface area contributed by atoms with Crippen LogP contribution >= 0.6 is 0 Å². The van der Waals surface area contributed by atoms with Crippen LogP contribution in [0.1, 0.15) is 45.4 Å². The van der Waals surface area contributed by atoms with Gasteiger partial charge in [-0.1, -0.05) is 25.7 Å². The Labute approximate surface area is 99.2 Å². The second kappa shape index (κ2) is 6.57. The molecule has 1 aliphatic carbocycles. The first-order valence-corrected chi connectivity index (χ1v) is 7.76. The molecule has 0 aromatic heterocycles. The molecular formula is C11H24N2O2S. The van der Waals surface area contributed by atoms with Crippen LogP contribution in [0.5, 0.6) is 0 Å². The molecule has 2 N–H and O–H groups in total. The van der Waals surface area contributed by atoms with Crippen molar-refractivity contribution in [2.75, 3.05) is 13.6 Å². The fourth-order valence-electron chi connectivity index (χ4n) is 2.14. The van der Waals surface area contributed by atoms with Gasteiger partial charge in [-0.15, -0.1) is 0 Å². The van der Waals surface area contributed by atoms with E-state index in [1.54, 1.807) is 14.0 Å². The van der Waals surface area contributed by atoms with E-state index in [1.807, 2.05) is 0 Å². The van der Waals surface area contributed by atoms with Gasteiger partial charge in [-0.3, -0.25) is 0 Å². The Balaban J connectivity index is 2.50. The molecule has 0 spiro atoms. The highest BCUT2D eigenvalue weighted by atomic mass is 32.2. The minimum Gasteiger partial charge on any atom is -0.318 e. The SMILES string of the molecule is CNCC(C)S(=O)(=O)NC1CCCCCC1. The van der Waals surface area contributed by atoms with Crippen LogP contribution in [0.2, 0.25) is 0 Å². The summed E-state index contributed by atoms with van der Waals surface area (Å²) >= 11 is 0. The maximum atomic E-state index is 11.9. The van der Waals surface area contributed by atoms with Crippen LogP contribution in [0, 0.1) is 0 Å². The summed E-state index contributed by atoms with van der Waals surface area (Å²) < 4.78 is 26.8. The monoisotopic (exact) mass is 248 g/mol. The topological polar surface area (TPSA) is 58.2 Å². The molecule has 0 bridgehead atoms. The molecule has 1 rings (SSSR count). The third kappa shape index (κ3) is 4.39. The van der Waals surface area contributed by atoms with Crippen molar-refractivity contribution in [1.29, 1.82) is 0 Å². The number of rotatable bonds is 5. The summed E-state index contributed by atoms with van der Waals surface area (Å²) in [6, 6.07) is 0.159. The molecule has 1 unspecified atom stereocenters. The Morgan fingerprint density at radius 3 is 2.25 bits per heavy atom. The number of hydrogen-bond donors (Lipinski definition) is 2. The predicted octanol–water partition coefficient (Wildman–Crippen LogP) is 1.24. The molecule has 0 aliphatic heterocycles. The number of sulfonamides is 1. The van der Waals surface area contributed by atoms with E-state index in [1.165, 1.54) is 12.8 Å². The average molecular weight is 248 g/mol. The highest BCUT2D eigenvalue weighted by Gasteiger charge is 2.24. The van der Waals surface area contributed by atoms with Crippen molar-refractivity contribution < 1.29 is 8.42 Å². The maximum absolute atomic E-state index is 11.9. The third-order valence-electron chi connectivity index (χ3n) is 3.21. The maximum Gasteiger partial charge on any atom is 0.215 e. The van der Waals surface area contributed by atoms with Crippen LogP contribution in [0.3, 0.4) is 0 Å². The van der Waals surface area contributed by atoms with Crippen molar-refractivity contribution in [2.24, 2.45) is 0 Å². The molecule has 1 atom stereocenters. The number of nitrogens with one attached hydrogen (secondary N) is 2. The lowest BCUT2D eigenvalue weighted by Crippen LogP contribution is -2.43. The molecule has 0 amide bonds. The second-order valence-corrected chi connectivity index (χ2v) is 6.85. The van der Waals surface area contributed by atoms with Gasteiger partial charge in [0.05, 0.1) is 5.25 Å². The van der Waals surface area contributed by atoms with Crippen LogP contribution in [0.4, 0.5) is 0 Å². The normalized spacial score (nSPS) is 21.6. The molecular weight excluding hydrogens is 224 g/mol. The van der Waals surface area contributed by atoms with Gasteiger partial charge in [0.15, 0.2) is 0 Å². The highest BCUT2D eigenvalue weighted by Crippen LogP contribution is 2.18. The molecule has 0 heterocycles. The molecule has 0 saturated heterocycles. The van der Waals surface area contributed by atoms with Crippen molar-refractivity contribution in [3.05, 3.63) is 0 Å². The fraction of sp³-hybridized carbons (Fsp3) is 1.00. The van der Waals surface area contributed by atoms with Gasteiger partial charge in [-0.05, 0) is 26.8 Å². The smallest absolute Gasteiger partial charge is 0.215 e. The van der Waals surface area contributed by atoms with Gasteiger partial charge in [0.1, 0.15) is 0 Å². The molecule has 16 heavy (non-hydrogen) atoms. The Morgan fingerprint density at radius 2 is 1.75 bits per heavy atom. The number of hydrogen-bond acceptors (Lipinski definition) is 3. The quantitative estimate of drug-likeness (QED) is 0.720. The average Bonchev–Trinajstić information content (AvgIpc) is 2.46. The molecule has 0 radical (unpaired) electrons. The Bertz CT molecular complexity index is 282. The summed E-state index contributed by atoms with van der Waals surface area (Å²) in [7, 11) is -1.38. The van der Waals surface area contributed by atoms with Crippen molar-refractivity contribution in [1.82, 2.24) is 10.0 Å². The van der Waals surface area contributed by atoms with E-state index in [-0.39, 0.29) is 11.3 Å². The molecule has 0 aromatic carbocycles. The summed E-state index contributed by atoms with van der Waals surface area (Å²) in [5, 5.41) is 2.54. The lowest BCUT2D eigenvalue weighted by Gasteiger charge is -2.20. The summed E-state index contributed by atoms with van der Waals surface area (Å²) in [5.74, 6) is 0. The standard InChI is InChI=1S/C11H24N2O2S/c1-10(9-12-2)16(14,15)13-11-7-5-3-4-6-8-11/h10-13H,3-9H2,1-2H3. The van der Waals surface area contributed by atoms with E-state index in [2.05, 4.69) is 10.0 Å². The zero-order valence-corrected chi connectivity index (χ0v) is 11.1. The van der Waals surface area contributed by atoms with Crippen LogP contribution in [0.15, 0.2) is 0 Å². The largest absolute Gasteiger partial charge is 0.318 e. The van der Waals surface area contributed by atoms with Gasteiger partial charge < -0.3 is 5.32 Å². The molecule has 5 heteroatoms. The third-order valence-corrected chi connectivity index (χ3v) is 5.10. The fourth-order valence-corrected chi connectivity index (χ4v) is 3.46. The Kier molecular flexibility index (Phi) is 5.72. The van der Waals surface area contributed by atoms with Gasteiger partial charge in [-0.25, -0.2) is 13.1 Å². The second-order valence-electron chi connectivity index (χ2n) is 4.72. The Morgan fingerprint density at radius 1 is 1.19 bits per heavy atom. The van der Waals surface area contributed by atoms with Crippen molar-refractivity contribution in [3.63, 3.8) is 0 Å². The van der Waals surface area contributed by atoms with Crippen LogP contribution in [-0.4, -0.2) is 33.3 Å². The summed E-state index contributed by atoms with van der Waals surface area (Å²) in [6.45, 7) is 2.25. The van der Waals surface area contributed by atoms with E-state index in [4.69, 9.17) is 0 Å². The van der Waals surface area contributed by atoms with Gasteiger partial charge in [0, 0.05) is 12.6 Å². The van der Waals surface area contributed by atoms with Crippen LogP contribution in [-0.2, 0) is 10.0 Å². The summed E-state index contributed by atoms with van der Waals surface area (Å²) in [6.07, 6.45) is 6.76. The summed E-state index contributed by atoms with van der Waals surface area (Å²) in [5.41, 5.74) is 0. The molecule has 1 fully saturated rings. The van der Waals surface area contributed by atoms with E-state index in [9.17, 15) is 8.42 Å². The lowest BCUT2D eigenvalue weighted by atomic mass is 10.1. The minimum atomic E-state index is -3.15. The molecule has 1 saturated carbocycles. The summed E-state index contributed by atoms with van der Waals surface area (Å²) in [4.78, 5) is 0. The minimum absolute atomic E-state index is 0.159. The zero-order chi connectivity index (χ0) is 12.0. The first-order chi connectivity index (χ1) is 7.56. The molecule has 1 aliphatic rings.